The molecule has 0 aromatic heterocycles. The normalized spacial score (nSPS) is 14.3. The van der Waals surface area contributed by atoms with E-state index in [0.29, 0.717) is 11.7 Å². The van der Waals surface area contributed by atoms with Gasteiger partial charge in [-0.05, 0) is 58.5 Å². The van der Waals surface area contributed by atoms with Gasteiger partial charge >= 0.3 is 0 Å². The molecule has 2 aromatic carbocycles. The first-order valence-corrected chi connectivity index (χ1v) is 10.0. The zero-order valence-electron chi connectivity index (χ0n) is 16.4. The second-order valence-electron chi connectivity index (χ2n) is 6.89. The summed E-state index contributed by atoms with van der Waals surface area (Å²) >= 11 is 3.52. The third kappa shape index (κ3) is 5.56. The third-order valence-corrected chi connectivity index (χ3v) is 5.71. The van der Waals surface area contributed by atoms with Crippen molar-refractivity contribution < 1.29 is 14.6 Å². The highest BCUT2D eigenvalue weighted by atomic mass is 79.9. The van der Waals surface area contributed by atoms with Crippen LogP contribution in [-0.4, -0.2) is 35.6 Å². The number of nitrogens with zero attached hydrogens (tertiary/aromatic N) is 1. The molecule has 5 heteroatoms. The Hall–Kier alpha value is -1.85. The maximum Gasteiger partial charge on any atom is 0.260 e. The van der Waals surface area contributed by atoms with Gasteiger partial charge in [-0.15, -0.1) is 0 Å². The summed E-state index contributed by atoms with van der Waals surface area (Å²) in [7, 11) is 1.68. The van der Waals surface area contributed by atoms with E-state index in [0.717, 1.165) is 16.5 Å². The highest BCUT2D eigenvalue weighted by Crippen LogP contribution is 2.30. The zero-order chi connectivity index (χ0) is 20.0. The number of halogens is 1. The number of carbonyl (C=O) groups is 1. The van der Waals surface area contributed by atoms with Crippen molar-refractivity contribution in [3.05, 3.63) is 64.1 Å². The van der Waals surface area contributed by atoms with Crippen LogP contribution in [0.1, 0.15) is 50.3 Å². The molecule has 0 spiro atoms. The molecule has 3 atom stereocenters. The van der Waals surface area contributed by atoms with Crippen molar-refractivity contribution in [2.45, 2.75) is 45.3 Å². The number of carbonyl (C=O) groups excluding carboxylic acids is 1. The molecule has 0 saturated carbocycles. The first kappa shape index (κ1) is 21.5. The predicted molar refractivity (Wildman–Crippen MR) is 112 cm³/mol. The van der Waals surface area contributed by atoms with Crippen molar-refractivity contribution in [3.63, 3.8) is 0 Å². The highest BCUT2D eigenvalue weighted by Gasteiger charge is 2.24. The lowest BCUT2D eigenvalue weighted by atomic mass is 9.99. The van der Waals surface area contributed by atoms with Crippen molar-refractivity contribution in [1.82, 2.24) is 4.90 Å². The van der Waals surface area contributed by atoms with Crippen LogP contribution in [0.4, 0.5) is 0 Å². The lowest BCUT2D eigenvalue weighted by Crippen LogP contribution is -2.41. The molecule has 0 radical (unpaired) electrons. The maximum atomic E-state index is 12.5. The van der Waals surface area contributed by atoms with E-state index in [1.54, 1.807) is 7.05 Å². The van der Waals surface area contributed by atoms with Crippen LogP contribution in [0.3, 0.4) is 0 Å². The average Bonchev–Trinajstić information content (AvgIpc) is 2.70. The summed E-state index contributed by atoms with van der Waals surface area (Å²) in [4.78, 5) is 14.0. The van der Waals surface area contributed by atoms with Crippen LogP contribution in [0.5, 0.6) is 5.75 Å². The standard InChI is InChI=1S/C22H28BrNO3/c1-5-15(2)18-11-12-20(19(23)13-18)27-14-21(25)24(4)16(3)22(26)17-9-7-6-8-10-17/h6-13,15-16,22,26H,5,14H2,1-4H3. The number of aliphatic hydroxyl groups excluding tert-OH is 1. The molecule has 0 aliphatic heterocycles. The zero-order valence-corrected chi connectivity index (χ0v) is 17.9. The predicted octanol–water partition coefficient (Wildman–Crippen LogP) is 4.92. The maximum absolute atomic E-state index is 12.5. The Balaban J connectivity index is 1.96. The van der Waals surface area contributed by atoms with Gasteiger partial charge < -0.3 is 14.7 Å². The van der Waals surface area contributed by atoms with E-state index in [9.17, 15) is 9.90 Å². The SMILES string of the molecule is CCC(C)c1ccc(OCC(=O)N(C)C(C)C(O)c2ccccc2)c(Br)c1. The molecule has 4 nitrogen and oxygen atoms in total. The summed E-state index contributed by atoms with van der Waals surface area (Å²) in [6, 6.07) is 14.9. The van der Waals surface area contributed by atoms with Crippen molar-refractivity contribution in [3.8, 4) is 5.75 Å². The van der Waals surface area contributed by atoms with Crippen LogP contribution >= 0.6 is 15.9 Å². The van der Waals surface area contributed by atoms with Gasteiger partial charge in [0, 0.05) is 7.05 Å². The third-order valence-electron chi connectivity index (χ3n) is 5.09. The fourth-order valence-electron chi connectivity index (χ4n) is 2.79. The monoisotopic (exact) mass is 433 g/mol. The molecule has 0 fully saturated rings. The van der Waals surface area contributed by atoms with Crippen molar-refractivity contribution in [2.75, 3.05) is 13.7 Å². The van der Waals surface area contributed by atoms with Gasteiger partial charge in [0.25, 0.3) is 5.91 Å². The number of rotatable bonds is 8. The second kappa shape index (κ2) is 9.90. The summed E-state index contributed by atoms with van der Waals surface area (Å²) in [5, 5.41) is 10.5. The van der Waals surface area contributed by atoms with Gasteiger partial charge in [-0.3, -0.25) is 4.79 Å². The van der Waals surface area contributed by atoms with Crippen LogP contribution in [-0.2, 0) is 4.79 Å². The molecule has 0 saturated heterocycles. The Labute approximate surface area is 170 Å². The van der Waals surface area contributed by atoms with Crippen molar-refractivity contribution in [2.24, 2.45) is 0 Å². The number of hydrogen-bond donors (Lipinski definition) is 1. The van der Waals surface area contributed by atoms with E-state index in [2.05, 4.69) is 29.8 Å². The largest absolute Gasteiger partial charge is 0.483 e. The summed E-state index contributed by atoms with van der Waals surface area (Å²) in [6.07, 6.45) is 0.319. The molecule has 146 valence electrons. The minimum absolute atomic E-state index is 0.0797. The van der Waals surface area contributed by atoms with Crippen LogP contribution in [0.25, 0.3) is 0 Å². The number of ether oxygens (including phenoxy) is 1. The fraction of sp³-hybridized carbons (Fsp3) is 0.409. The molecular weight excluding hydrogens is 406 g/mol. The molecule has 0 aliphatic rings. The number of amides is 1. The number of likely N-dealkylation sites (N-methyl/N-ethyl adjacent to an activating group) is 1. The molecule has 0 bridgehead atoms. The molecule has 27 heavy (non-hydrogen) atoms. The molecule has 2 rings (SSSR count). The Bertz CT molecular complexity index is 750. The minimum atomic E-state index is -0.748. The van der Waals surface area contributed by atoms with Gasteiger partial charge in [-0.25, -0.2) is 0 Å². The fourth-order valence-corrected chi connectivity index (χ4v) is 3.30. The summed E-state index contributed by atoms with van der Waals surface area (Å²) in [5.41, 5.74) is 2.02. The summed E-state index contributed by atoms with van der Waals surface area (Å²) in [6.45, 7) is 6.08. The van der Waals surface area contributed by atoms with Gasteiger partial charge in [0.05, 0.1) is 16.6 Å². The van der Waals surface area contributed by atoms with E-state index in [4.69, 9.17) is 4.74 Å². The van der Waals surface area contributed by atoms with Crippen LogP contribution in [0, 0.1) is 0 Å². The van der Waals surface area contributed by atoms with E-state index in [1.165, 1.54) is 10.5 Å². The quantitative estimate of drug-likeness (QED) is 0.642. The number of benzene rings is 2. The van der Waals surface area contributed by atoms with Gasteiger partial charge in [0.1, 0.15) is 5.75 Å². The number of hydrogen-bond acceptors (Lipinski definition) is 3. The Kier molecular flexibility index (Phi) is 7.87. The minimum Gasteiger partial charge on any atom is -0.483 e. The highest BCUT2D eigenvalue weighted by molar-refractivity contribution is 9.10. The van der Waals surface area contributed by atoms with Crippen LogP contribution in [0.2, 0.25) is 0 Å². The Morgan fingerprint density at radius 3 is 2.41 bits per heavy atom. The van der Waals surface area contributed by atoms with E-state index < -0.39 is 6.10 Å². The lowest BCUT2D eigenvalue weighted by Gasteiger charge is -2.29. The molecule has 1 amide bonds. The van der Waals surface area contributed by atoms with E-state index in [1.807, 2.05) is 55.5 Å². The first-order chi connectivity index (χ1) is 12.8. The van der Waals surface area contributed by atoms with Gasteiger partial charge in [-0.1, -0.05) is 50.2 Å². The molecule has 3 unspecified atom stereocenters. The smallest absolute Gasteiger partial charge is 0.260 e. The van der Waals surface area contributed by atoms with Crippen molar-refractivity contribution >= 4 is 21.8 Å². The molecule has 1 N–H and O–H groups in total. The van der Waals surface area contributed by atoms with Gasteiger partial charge in [0.15, 0.2) is 6.61 Å². The van der Waals surface area contributed by atoms with Gasteiger partial charge in [0.2, 0.25) is 0 Å². The lowest BCUT2D eigenvalue weighted by molar-refractivity contribution is -0.136. The van der Waals surface area contributed by atoms with Crippen LogP contribution < -0.4 is 4.74 Å². The summed E-state index contributed by atoms with van der Waals surface area (Å²) in [5.74, 6) is 0.930. The average molecular weight is 434 g/mol. The molecule has 2 aromatic rings. The topological polar surface area (TPSA) is 49.8 Å². The van der Waals surface area contributed by atoms with Crippen LogP contribution in [0.15, 0.2) is 53.0 Å². The Morgan fingerprint density at radius 1 is 1.15 bits per heavy atom. The van der Waals surface area contributed by atoms with Crippen molar-refractivity contribution in [1.29, 1.82) is 0 Å². The molecule has 0 aliphatic carbocycles. The number of aliphatic hydroxyl groups is 1. The summed E-state index contributed by atoms with van der Waals surface area (Å²) < 4.78 is 6.54. The molecular formula is C22H28BrNO3. The van der Waals surface area contributed by atoms with E-state index >= 15 is 0 Å². The first-order valence-electron chi connectivity index (χ1n) is 9.26. The van der Waals surface area contributed by atoms with Gasteiger partial charge in [-0.2, -0.15) is 0 Å². The van der Waals surface area contributed by atoms with E-state index in [-0.39, 0.29) is 18.6 Å². The second-order valence-corrected chi connectivity index (χ2v) is 7.74. The Morgan fingerprint density at radius 2 is 1.81 bits per heavy atom. The molecule has 0 heterocycles.